The lowest BCUT2D eigenvalue weighted by Crippen LogP contribution is -2.36. The number of imide groups is 1. The quantitative estimate of drug-likeness (QED) is 0.791. The van der Waals surface area contributed by atoms with Crippen LogP contribution >= 0.6 is 0 Å². The normalized spacial score (nSPS) is 20.0. The van der Waals surface area contributed by atoms with Crippen molar-refractivity contribution >= 4 is 11.9 Å². The van der Waals surface area contributed by atoms with Gasteiger partial charge in [0.05, 0.1) is 6.54 Å². The Hall–Kier alpha value is -1.84. The first-order valence-corrected chi connectivity index (χ1v) is 8.76. The maximum absolute atomic E-state index is 12.3. The third-order valence-electron chi connectivity index (χ3n) is 5.10. The fourth-order valence-corrected chi connectivity index (χ4v) is 3.63. The molecule has 3 rings (SSSR count). The Morgan fingerprint density at radius 2 is 1.70 bits per heavy atom. The Labute approximate surface area is 138 Å². The van der Waals surface area contributed by atoms with E-state index in [0.29, 0.717) is 12.5 Å². The maximum atomic E-state index is 12.3. The number of benzene rings is 1. The van der Waals surface area contributed by atoms with E-state index < -0.39 is 0 Å². The molecule has 4 heteroatoms. The van der Waals surface area contributed by atoms with Gasteiger partial charge in [0.2, 0.25) is 0 Å². The first-order valence-electron chi connectivity index (χ1n) is 8.76. The van der Waals surface area contributed by atoms with Crippen LogP contribution in [-0.2, 0) is 11.3 Å². The van der Waals surface area contributed by atoms with Gasteiger partial charge >= 0.3 is 6.03 Å². The number of nitrogens with zero attached hydrogens (tertiary/aromatic N) is 2. The van der Waals surface area contributed by atoms with Gasteiger partial charge in [0.25, 0.3) is 5.91 Å². The van der Waals surface area contributed by atoms with Gasteiger partial charge in [-0.1, -0.05) is 43.5 Å². The first-order chi connectivity index (χ1) is 11.1. The zero-order chi connectivity index (χ0) is 16.4. The van der Waals surface area contributed by atoms with E-state index in [4.69, 9.17) is 0 Å². The van der Waals surface area contributed by atoms with E-state index in [1.54, 1.807) is 4.90 Å². The summed E-state index contributed by atoms with van der Waals surface area (Å²) in [5.74, 6) is 0.587. The molecule has 0 bridgehead atoms. The molecule has 23 heavy (non-hydrogen) atoms. The van der Waals surface area contributed by atoms with Crippen molar-refractivity contribution in [2.75, 3.05) is 6.54 Å². The molecule has 1 heterocycles. The second kappa shape index (κ2) is 6.73. The Bertz CT molecular complexity index is 574. The molecular weight excluding hydrogens is 288 g/mol. The van der Waals surface area contributed by atoms with Gasteiger partial charge in [-0.25, -0.2) is 4.79 Å². The van der Waals surface area contributed by atoms with Crippen LogP contribution in [0.4, 0.5) is 4.79 Å². The summed E-state index contributed by atoms with van der Waals surface area (Å²) in [7, 11) is 0. The monoisotopic (exact) mass is 314 g/mol. The number of amides is 3. The zero-order valence-electron chi connectivity index (χ0n) is 14.1. The SMILES string of the molecule is CC(C)N1CC(=O)N(Cc2ccc(C3CCCCC3)cc2)C1=O. The molecule has 4 nitrogen and oxygen atoms in total. The summed E-state index contributed by atoms with van der Waals surface area (Å²) in [5.41, 5.74) is 2.42. The predicted octanol–water partition coefficient (Wildman–Crippen LogP) is 3.91. The topological polar surface area (TPSA) is 40.6 Å². The number of urea groups is 1. The zero-order valence-corrected chi connectivity index (χ0v) is 14.1. The molecule has 1 aromatic rings. The number of hydrogen-bond donors (Lipinski definition) is 0. The van der Waals surface area contributed by atoms with E-state index in [9.17, 15) is 9.59 Å². The van der Waals surface area contributed by atoms with E-state index >= 15 is 0 Å². The summed E-state index contributed by atoms with van der Waals surface area (Å²) in [6, 6.07) is 8.39. The van der Waals surface area contributed by atoms with Gasteiger partial charge in [-0.3, -0.25) is 9.69 Å². The minimum atomic E-state index is -0.165. The van der Waals surface area contributed by atoms with Gasteiger partial charge in [0.15, 0.2) is 0 Å². The molecule has 0 unspecified atom stereocenters. The Morgan fingerprint density at radius 3 is 2.26 bits per heavy atom. The Morgan fingerprint density at radius 1 is 1.04 bits per heavy atom. The van der Waals surface area contributed by atoms with Crippen molar-refractivity contribution in [1.82, 2.24) is 9.80 Å². The molecule has 2 aliphatic rings. The largest absolute Gasteiger partial charge is 0.327 e. The van der Waals surface area contributed by atoms with Crippen molar-refractivity contribution in [2.45, 2.75) is 64.5 Å². The molecule has 1 saturated heterocycles. The minimum Gasteiger partial charge on any atom is -0.313 e. The molecule has 0 radical (unpaired) electrons. The molecule has 1 saturated carbocycles. The Balaban J connectivity index is 1.66. The maximum Gasteiger partial charge on any atom is 0.327 e. The van der Waals surface area contributed by atoms with Crippen molar-refractivity contribution in [3.8, 4) is 0 Å². The molecule has 0 aromatic heterocycles. The van der Waals surface area contributed by atoms with Gasteiger partial charge in [-0.05, 0) is 43.7 Å². The van der Waals surface area contributed by atoms with Gasteiger partial charge in [0, 0.05) is 6.04 Å². The first kappa shape index (κ1) is 16.0. The smallest absolute Gasteiger partial charge is 0.313 e. The van der Waals surface area contributed by atoms with Crippen molar-refractivity contribution < 1.29 is 9.59 Å². The molecule has 0 atom stereocenters. The van der Waals surface area contributed by atoms with Crippen LogP contribution in [0.5, 0.6) is 0 Å². The molecule has 1 aliphatic carbocycles. The second-order valence-electron chi connectivity index (χ2n) is 7.06. The van der Waals surface area contributed by atoms with Crippen LogP contribution < -0.4 is 0 Å². The number of carbonyl (C=O) groups excluding carboxylic acids is 2. The summed E-state index contributed by atoms with van der Waals surface area (Å²) in [4.78, 5) is 27.4. The summed E-state index contributed by atoms with van der Waals surface area (Å²) in [6.07, 6.45) is 6.58. The highest BCUT2D eigenvalue weighted by Crippen LogP contribution is 2.32. The van der Waals surface area contributed by atoms with Crippen LogP contribution in [0.15, 0.2) is 24.3 Å². The van der Waals surface area contributed by atoms with Crippen molar-refractivity contribution in [3.05, 3.63) is 35.4 Å². The average Bonchev–Trinajstić information content (AvgIpc) is 2.85. The van der Waals surface area contributed by atoms with E-state index in [-0.39, 0.29) is 24.5 Å². The molecule has 3 amide bonds. The van der Waals surface area contributed by atoms with Crippen LogP contribution in [0.2, 0.25) is 0 Å². The molecular formula is C19H26N2O2. The van der Waals surface area contributed by atoms with Crippen LogP contribution in [0, 0.1) is 0 Å². The van der Waals surface area contributed by atoms with Crippen molar-refractivity contribution in [3.63, 3.8) is 0 Å². The fraction of sp³-hybridized carbons (Fsp3) is 0.579. The lowest BCUT2D eigenvalue weighted by molar-refractivity contribution is -0.125. The molecule has 1 aromatic carbocycles. The molecule has 124 valence electrons. The van der Waals surface area contributed by atoms with E-state index in [1.807, 2.05) is 13.8 Å². The van der Waals surface area contributed by atoms with Crippen LogP contribution in [0.25, 0.3) is 0 Å². The standard InChI is InChI=1S/C19H26N2O2/c1-14(2)20-13-18(22)21(19(20)23)12-15-8-10-17(11-9-15)16-6-4-3-5-7-16/h8-11,14,16H,3-7,12-13H2,1-2H3. The molecule has 2 fully saturated rings. The molecule has 0 spiro atoms. The highest BCUT2D eigenvalue weighted by molar-refractivity contribution is 6.02. The van der Waals surface area contributed by atoms with Gasteiger partial charge in [-0.2, -0.15) is 0 Å². The summed E-state index contributed by atoms with van der Waals surface area (Å²) in [5, 5.41) is 0. The lowest BCUT2D eigenvalue weighted by atomic mass is 9.84. The minimum absolute atomic E-state index is 0.0603. The number of hydrogen-bond acceptors (Lipinski definition) is 2. The van der Waals surface area contributed by atoms with Crippen LogP contribution in [0.3, 0.4) is 0 Å². The fourth-order valence-electron chi connectivity index (χ4n) is 3.63. The second-order valence-corrected chi connectivity index (χ2v) is 7.06. The third kappa shape index (κ3) is 3.41. The summed E-state index contributed by atoms with van der Waals surface area (Å²) < 4.78 is 0. The summed E-state index contributed by atoms with van der Waals surface area (Å²) in [6.45, 7) is 4.46. The highest BCUT2D eigenvalue weighted by atomic mass is 16.2. The molecule has 1 aliphatic heterocycles. The van der Waals surface area contributed by atoms with Gasteiger partial charge < -0.3 is 4.90 Å². The van der Waals surface area contributed by atoms with Gasteiger partial charge in [0.1, 0.15) is 6.54 Å². The Kier molecular flexibility index (Phi) is 4.69. The van der Waals surface area contributed by atoms with E-state index in [2.05, 4.69) is 24.3 Å². The summed E-state index contributed by atoms with van der Waals surface area (Å²) >= 11 is 0. The van der Waals surface area contributed by atoms with Crippen LogP contribution in [0.1, 0.15) is 63.0 Å². The predicted molar refractivity (Wildman–Crippen MR) is 90.1 cm³/mol. The number of carbonyl (C=O) groups is 2. The van der Waals surface area contributed by atoms with E-state index in [0.717, 1.165) is 5.56 Å². The van der Waals surface area contributed by atoms with Crippen molar-refractivity contribution in [1.29, 1.82) is 0 Å². The van der Waals surface area contributed by atoms with E-state index in [1.165, 1.54) is 42.6 Å². The molecule has 0 N–H and O–H groups in total. The lowest BCUT2D eigenvalue weighted by Gasteiger charge is -2.22. The van der Waals surface area contributed by atoms with Crippen LogP contribution in [-0.4, -0.2) is 34.3 Å². The third-order valence-corrected chi connectivity index (χ3v) is 5.10. The average molecular weight is 314 g/mol. The van der Waals surface area contributed by atoms with Crippen molar-refractivity contribution in [2.24, 2.45) is 0 Å². The highest BCUT2D eigenvalue weighted by Gasteiger charge is 2.37. The number of rotatable bonds is 4. The van der Waals surface area contributed by atoms with Gasteiger partial charge in [-0.15, -0.1) is 0 Å².